The van der Waals surface area contributed by atoms with E-state index >= 15 is 0 Å². The molecule has 1 heterocycles. The van der Waals surface area contributed by atoms with Crippen molar-refractivity contribution < 1.29 is 14.3 Å². The molecule has 1 aliphatic heterocycles. The van der Waals surface area contributed by atoms with Crippen LogP contribution in [-0.2, 0) is 9.47 Å². The quantitative estimate of drug-likeness (QED) is 0.441. The molecule has 2 unspecified atom stereocenters. The monoisotopic (exact) mass is 284 g/mol. The third-order valence-corrected chi connectivity index (χ3v) is 3.77. The first kappa shape index (κ1) is 17.3. The van der Waals surface area contributed by atoms with Crippen LogP contribution in [0.15, 0.2) is 0 Å². The van der Waals surface area contributed by atoms with Crippen LogP contribution in [0.2, 0.25) is 0 Å². The normalized spacial score (nSPS) is 19.8. The van der Waals surface area contributed by atoms with Gasteiger partial charge in [-0.2, -0.15) is 0 Å². The average molecular weight is 284 g/mol. The minimum Gasteiger partial charge on any atom is -0.431 e. The van der Waals surface area contributed by atoms with Crippen molar-refractivity contribution in [3.8, 4) is 0 Å². The lowest BCUT2D eigenvalue weighted by Gasteiger charge is -2.17. The molecule has 1 rings (SSSR count). The summed E-state index contributed by atoms with van der Waals surface area (Å²) in [6.07, 6.45) is 10.4. The van der Waals surface area contributed by atoms with E-state index in [0.717, 1.165) is 38.6 Å². The zero-order valence-corrected chi connectivity index (χ0v) is 13.1. The first-order valence-electron chi connectivity index (χ1n) is 8.30. The van der Waals surface area contributed by atoms with Gasteiger partial charge in [-0.05, 0) is 25.7 Å². The predicted molar refractivity (Wildman–Crippen MR) is 79.7 cm³/mol. The summed E-state index contributed by atoms with van der Waals surface area (Å²) in [4.78, 5) is 11.6. The topological polar surface area (TPSA) is 49.6 Å². The first-order valence-corrected chi connectivity index (χ1v) is 8.30. The van der Waals surface area contributed by atoms with Gasteiger partial charge in [-0.15, -0.1) is 0 Å². The van der Waals surface area contributed by atoms with Crippen molar-refractivity contribution in [2.75, 3.05) is 6.54 Å². The number of hydrogen-bond acceptors (Lipinski definition) is 3. The maximum atomic E-state index is 11.6. The molecule has 1 aliphatic rings. The van der Waals surface area contributed by atoms with Gasteiger partial charge in [0.05, 0.1) is 0 Å². The molecule has 2 atom stereocenters. The van der Waals surface area contributed by atoms with E-state index in [0.29, 0.717) is 0 Å². The SMILES string of the molecule is CCCCCCCCC(CC)OC(=O)OC1CCC[N]1. The molecule has 0 bridgehead atoms. The predicted octanol–water partition coefficient (Wildman–Crippen LogP) is 4.39. The summed E-state index contributed by atoms with van der Waals surface area (Å²) in [6.45, 7) is 5.07. The summed E-state index contributed by atoms with van der Waals surface area (Å²) in [6, 6.07) is 0. The molecule has 20 heavy (non-hydrogen) atoms. The van der Waals surface area contributed by atoms with E-state index in [4.69, 9.17) is 9.47 Å². The van der Waals surface area contributed by atoms with Crippen LogP contribution in [0.25, 0.3) is 0 Å². The van der Waals surface area contributed by atoms with Crippen molar-refractivity contribution in [2.24, 2.45) is 0 Å². The molecular formula is C16H30NO3. The van der Waals surface area contributed by atoms with Crippen molar-refractivity contribution >= 4 is 6.16 Å². The average Bonchev–Trinajstić information content (AvgIpc) is 2.94. The molecular weight excluding hydrogens is 254 g/mol. The Bertz CT molecular complexity index is 252. The van der Waals surface area contributed by atoms with Crippen LogP contribution in [0.1, 0.15) is 78.1 Å². The Hall–Kier alpha value is -0.770. The largest absolute Gasteiger partial charge is 0.510 e. The van der Waals surface area contributed by atoms with Gasteiger partial charge in [0.1, 0.15) is 6.10 Å². The number of carbonyl (C=O) groups excluding carboxylic acids is 1. The number of unbranched alkanes of at least 4 members (excludes halogenated alkanes) is 5. The summed E-state index contributed by atoms with van der Waals surface area (Å²) < 4.78 is 10.5. The molecule has 0 amide bonds. The second kappa shape index (κ2) is 11.0. The molecule has 4 heteroatoms. The summed E-state index contributed by atoms with van der Waals surface area (Å²) in [5.41, 5.74) is 0. The van der Waals surface area contributed by atoms with Crippen molar-refractivity contribution in [3.05, 3.63) is 0 Å². The van der Waals surface area contributed by atoms with Gasteiger partial charge in [0.2, 0.25) is 0 Å². The molecule has 0 aliphatic carbocycles. The Morgan fingerprint density at radius 2 is 1.95 bits per heavy atom. The second-order valence-corrected chi connectivity index (χ2v) is 5.58. The summed E-state index contributed by atoms with van der Waals surface area (Å²) in [7, 11) is 0. The van der Waals surface area contributed by atoms with Crippen molar-refractivity contribution in [1.82, 2.24) is 5.32 Å². The van der Waals surface area contributed by atoms with Gasteiger partial charge >= 0.3 is 6.16 Å². The lowest BCUT2D eigenvalue weighted by Crippen LogP contribution is -2.26. The molecule has 4 nitrogen and oxygen atoms in total. The zero-order chi connectivity index (χ0) is 14.6. The highest BCUT2D eigenvalue weighted by Crippen LogP contribution is 2.15. The molecule has 1 fully saturated rings. The van der Waals surface area contributed by atoms with Crippen molar-refractivity contribution in [2.45, 2.75) is 90.4 Å². The lowest BCUT2D eigenvalue weighted by atomic mass is 10.1. The first-order chi connectivity index (χ1) is 9.76. The number of rotatable bonds is 10. The fourth-order valence-corrected chi connectivity index (χ4v) is 2.46. The fraction of sp³-hybridized carbons (Fsp3) is 0.938. The number of hydrogen-bond donors (Lipinski definition) is 0. The van der Waals surface area contributed by atoms with E-state index in [1.807, 2.05) is 0 Å². The molecule has 0 spiro atoms. The Balaban J connectivity index is 2.06. The highest BCUT2D eigenvalue weighted by molar-refractivity contribution is 5.60. The van der Waals surface area contributed by atoms with Crippen LogP contribution in [0.5, 0.6) is 0 Å². The van der Waals surface area contributed by atoms with Gasteiger partial charge < -0.3 is 9.47 Å². The smallest absolute Gasteiger partial charge is 0.431 e. The molecule has 0 saturated carbocycles. The Kier molecular flexibility index (Phi) is 9.46. The number of nitrogens with zero attached hydrogens (tertiary/aromatic N) is 1. The molecule has 0 aromatic carbocycles. The standard InChI is InChI=1S/C16H30NO3/c1-3-5-6-7-8-9-11-14(4-2)19-16(18)20-15-12-10-13-17-15/h14-15H,3-13H2,1-2H3. The van der Waals surface area contributed by atoms with Gasteiger partial charge in [0.15, 0.2) is 6.23 Å². The highest BCUT2D eigenvalue weighted by Gasteiger charge is 2.22. The third-order valence-electron chi connectivity index (χ3n) is 3.77. The maximum Gasteiger partial charge on any atom is 0.510 e. The number of carbonyl (C=O) groups is 1. The lowest BCUT2D eigenvalue weighted by molar-refractivity contribution is -0.00964. The maximum absolute atomic E-state index is 11.6. The number of ether oxygens (including phenoxy) is 2. The highest BCUT2D eigenvalue weighted by atomic mass is 16.7. The van der Waals surface area contributed by atoms with Gasteiger partial charge in [0, 0.05) is 13.0 Å². The van der Waals surface area contributed by atoms with Gasteiger partial charge in [-0.25, -0.2) is 10.1 Å². The Morgan fingerprint density at radius 3 is 2.60 bits per heavy atom. The van der Waals surface area contributed by atoms with Crippen molar-refractivity contribution in [3.63, 3.8) is 0 Å². The molecule has 0 aromatic heterocycles. The van der Waals surface area contributed by atoms with E-state index in [2.05, 4.69) is 19.2 Å². The van der Waals surface area contributed by atoms with Crippen LogP contribution in [0, 0.1) is 0 Å². The van der Waals surface area contributed by atoms with Crippen LogP contribution in [0.3, 0.4) is 0 Å². The van der Waals surface area contributed by atoms with E-state index in [-0.39, 0.29) is 12.3 Å². The van der Waals surface area contributed by atoms with E-state index in [1.54, 1.807) is 0 Å². The van der Waals surface area contributed by atoms with Gasteiger partial charge in [-0.1, -0.05) is 46.0 Å². The Labute approximate surface area is 123 Å². The minimum absolute atomic E-state index is 0.00456. The van der Waals surface area contributed by atoms with E-state index < -0.39 is 6.16 Å². The zero-order valence-electron chi connectivity index (χ0n) is 13.1. The summed E-state index contributed by atoms with van der Waals surface area (Å²) >= 11 is 0. The van der Waals surface area contributed by atoms with Crippen molar-refractivity contribution in [1.29, 1.82) is 0 Å². The van der Waals surface area contributed by atoms with Crippen LogP contribution < -0.4 is 5.32 Å². The molecule has 117 valence electrons. The van der Waals surface area contributed by atoms with Crippen LogP contribution >= 0.6 is 0 Å². The molecule has 0 aromatic rings. The van der Waals surface area contributed by atoms with E-state index in [9.17, 15) is 4.79 Å². The third kappa shape index (κ3) is 7.73. The summed E-state index contributed by atoms with van der Waals surface area (Å²) in [5.74, 6) is 0. The summed E-state index contributed by atoms with van der Waals surface area (Å²) in [5, 5.41) is 4.19. The fourth-order valence-electron chi connectivity index (χ4n) is 2.46. The molecule has 1 radical (unpaired) electrons. The van der Waals surface area contributed by atoms with E-state index in [1.165, 1.54) is 32.1 Å². The van der Waals surface area contributed by atoms with Gasteiger partial charge in [-0.3, -0.25) is 0 Å². The Morgan fingerprint density at radius 1 is 1.20 bits per heavy atom. The minimum atomic E-state index is -0.543. The van der Waals surface area contributed by atoms with Gasteiger partial charge in [0.25, 0.3) is 0 Å². The van der Waals surface area contributed by atoms with Crippen LogP contribution in [-0.4, -0.2) is 25.0 Å². The molecule has 0 N–H and O–H groups in total. The van der Waals surface area contributed by atoms with Crippen LogP contribution in [0.4, 0.5) is 4.79 Å². The second-order valence-electron chi connectivity index (χ2n) is 5.58. The molecule has 1 saturated heterocycles.